The fourth-order valence-electron chi connectivity index (χ4n) is 3.89. The van der Waals surface area contributed by atoms with Crippen molar-refractivity contribution in [1.82, 2.24) is 5.32 Å². The average Bonchev–Trinajstić information content (AvgIpc) is 2.76. The molecule has 0 aromatic carbocycles. The molecule has 0 saturated heterocycles. The zero-order valence-electron chi connectivity index (χ0n) is 22.1. The highest BCUT2D eigenvalue weighted by molar-refractivity contribution is 5.89. The highest BCUT2D eigenvalue weighted by Crippen LogP contribution is 2.32. The van der Waals surface area contributed by atoms with Gasteiger partial charge in [0.05, 0.1) is 24.1 Å². The lowest BCUT2D eigenvalue weighted by molar-refractivity contribution is -0.195. The SMILES string of the molecule is CCC(CC)O[C@@H]1C=C(C(=O)OC(OC(=O)[C@H](N)C(C)C)C(C)C)C[C@H](CC(=N)N)C1NC(C)=O. The van der Waals surface area contributed by atoms with Gasteiger partial charge in [-0.25, -0.2) is 4.79 Å². The Bertz CT molecular complexity index is 778. The third kappa shape index (κ3) is 9.60. The maximum absolute atomic E-state index is 13.2. The summed E-state index contributed by atoms with van der Waals surface area (Å²) in [6.07, 6.45) is 1.76. The van der Waals surface area contributed by atoms with E-state index in [2.05, 4.69) is 5.32 Å². The van der Waals surface area contributed by atoms with Gasteiger partial charge in [0.25, 0.3) is 0 Å². The monoisotopic (exact) mass is 496 g/mol. The smallest absolute Gasteiger partial charge is 0.336 e. The first-order valence-electron chi connectivity index (χ1n) is 12.4. The van der Waals surface area contributed by atoms with E-state index in [1.165, 1.54) is 6.92 Å². The molecular weight excluding hydrogens is 452 g/mol. The molecule has 0 aliphatic heterocycles. The number of ether oxygens (including phenoxy) is 3. The summed E-state index contributed by atoms with van der Waals surface area (Å²) in [5.74, 6) is -2.37. The van der Waals surface area contributed by atoms with Gasteiger partial charge >= 0.3 is 11.9 Å². The fourth-order valence-corrected chi connectivity index (χ4v) is 3.89. The van der Waals surface area contributed by atoms with Gasteiger partial charge in [0.1, 0.15) is 6.04 Å². The highest BCUT2D eigenvalue weighted by atomic mass is 16.7. The summed E-state index contributed by atoms with van der Waals surface area (Å²) in [7, 11) is 0. The van der Waals surface area contributed by atoms with Crippen molar-refractivity contribution < 1.29 is 28.6 Å². The van der Waals surface area contributed by atoms with Crippen LogP contribution < -0.4 is 16.8 Å². The minimum atomic E-state index is -1.11. The first-order valence-corrected chi connectivity index (χ1v) is 12.4. The topological polar surface area (TPSA) is 167 Å². The van der Waals surface area contributed by atoms with Crippen LogP contribution >= 0.6 is 0 Å². The summed E-state index contributed by atoms with van der Waals surface area (Å²) in [6.45, 7) is 12.6. The largest absolute Gasteiger partial charge is 0.424 e. The molecule has 1 rings (SSSR count). The minimum Gasteiger partial charge on any atom is -0.424 e. The van der Waals surface area contributed by atoms with Gasteiger partial charge in [-0.05, 0) is 37.2 Å². The molecule has 35 heavy (non-hydrogen) atoms. The Labute approximate surface area is 209 Å². The number of carbonyl (C=O) groups excluding carboxylic acids is 3. The first kappa shape index (κ1) is 30.6. The Balaban J connectivity index is 3.23. The number of esters is 2. The Morgan fingerprint density at radius 2 is 1.71 bits per heavy atom. The van der Waals surface area contributed by atoms with Crippen molar-refractivity contribution in [3.63, 3.8) is 0 Å². The van der Waals surface area contributed by atoms with E-state index in [-0.39, 0.29) is 48.4 Å². The lowest BCUT2D eigenvalue weighted by Gasteiger charge is -2.38. The molecule has 0 saturated carbocycles. The van der Waals surface area contributed by atoms with Crippen molar-refractivity contribution in [1.29, 1.82) is 5.41 Å². The molecule has 5 atom stereocenters. The molecule has 0 aromatic heterocycles. The van der Waals surface area contributed by atoms with Gasteiger partial charge in [0, 0.05) is 24.8 Å². The number of amidine groups is 1. The molecule has 200 valence electrons. The van der Waals surface area contributed by atoms with Crippen molar-refractivity contribution >= 4 is 23.7 Å². The maximum Gasteiger partial charge on any atom is 0.336 e. The van der Waals surface area contributed by atoms with Crippen molar-refractivity contribution in [2.45, 2.75) is 105 Å². The zero-order valence-corrected chi connectivity index (χ0v) is 22.1. The second-order valence-electron chi connectivity index (χ2n) is 9.88. The zero-order chi connectivity index (χ0) is 26.9. The van der Waals surface area contributed by atoms with Crippen LogP contribution in [0.1, 0.15) is 74.1 Å². The Kier molecular flexibility index (Phi) is 12.4. The van der Waals surface area contributed by atoms with Crippen LogP contribution in [0.3, 0.4) is 0 Å². The van der Waals surface area contributed by atoms with E-state index in [1.54, 1.807) is 33.8 Å². The molecule has 10 heteroatoms. The molecule has 0 aromatic rings. The second-order valence-corrected chi connectivity index (χ2v) is 9.88. The van der Waals surface area contributed by atoms with Crippen molar-refractivity contribution in [3.8, 4) is 0 Å². The van der Waals surface area contributed by atoms with Crippen LogP contribution in [-0.2, 0) is 28.6 Å². The van der Waals surface area contributed by atoms with E-state index in [0.717, 1.165) is 12.8 Å². The number of nitrogens with one attached hydrogen (secondary N) is 2. The fraction of sp³-hybridized carbons (Fsp3) is 0.760. The number of amides is 1. The maximum atomic E-state index is 13.2. The number of rotatable bonds is 13. The van der Waals surface area contributed by atoms with Gasteiger partial charge in [-0.1, -0.05) is 41.5 Å². The summed E-state index contributed by atoms with van der Waals surface area (Å²) in [5.41, 5.74) is 11.9. The second kappa shape index (κ2) is 14.2. The van der Waals surface area contributed by atoms with Crippen LogP contribution in [0.15, 0.2) is 11.6 Å². The average molecular weight is 497 g/mol. The van der Waals surface area contributed by atoms with E-state index in [4.69, 9.17) is 31.1 Å². The molecule has 0 heterocycles. The van der Waals surface area contributed by atoms with Crippen molar-refractivity contribution in [2.24, 2.45) is 29.2 Å². The molecule has 1 amide bonds. The van der Waals surface area contributed by atoms with Gasteiger partial charge in [-0.15, -0.1) is 0 Å². The minimum absolute atomic E-state index is 0.0575. The predicted octanol–water partition coefficient (Wildman–Crippen LogP) is 2.39. The summed E-state index contributed by atoms with van der Waals surface area (Å²) in [4.78, 5) is 37.5. The van der Waals surface area contributed by atoms with Crippen LogP contribution in [0.5, 0.6) is 0 Å². The van der Waals surface area contributed by atoms with E-state index >= 15 is 0 Å². The van der Waals surface area contributed by atoms with Gasteiger partial charge in [-0.3, -0.25) is 15.0 Å². The van der Waals surface area contributed by atoms with Crippen LogP contribution in [0.25, 0.3) is 0 Å². The van der Waals surface area contributed by atoms with E-state index in [1.807, 2.05) is 13.8 Å². The quantitative estimate of drug-likeness (QED) is 0.130. The number of hydrogen-bond donors (Lipinski definition) is 4. The predicted molar refractivity (Wildman–Crippen MR) is 133 cm³/mol. The van der Waals surface area contributed by atoms with Gasteiger partial charge in [0.2, 0.25) is 12.2 Å². The summed E-state index contributed by atoms with van der Waals surface area (Å²) >= 11 is 0. The molecule has 0 fully saturated rings. The molecule has 2 unspecified atom stereocenters. The van der Waals surface area contributed by atoms with Crippen molar-refractivity contribution in [3.05, 3.63) is 11.6 Å². The molecule has 6 N–H and O–H groups in total. The molecule has 10 nitrogen and oxygen atoms in total. The third-order valence-corrected chi connectivity index (χ3v) is 6.07. The van der Waals surface area contributed by atoms with Crippen LogP contribution in [-0.4, -0.2) is 54.3 Å². The summed E-state index contributed by atoms with van der Waals surface area (Å²) < 4.78 is 17.3. The molecule has 0 radical (unpaired) electrons. The van der Waals surface area contributed by atoms with Crippen LogP contribution in [0.4, 0.5) is 0 Å². The van der Waals surface area contributed by atoms with Crippen molar-refractivity contribution in [2.75, 3.05) is 0 Å². The molecular formula is C25H44N4O6. The highest BCUT2D eigenvalue weighted by Gasteiger charge is 2.39. The number of nitrogens with two attached hydrogens (primary N) is 2. The Morgan fingerprint density at radius 1 is 1.11 bits per heavy atom. The lowest BCUT2D eigenvalue weighted by Crippen LogP contribution is -2.52. The van der Waals surface area contributed by atoms with Gasteiger partial charge in [0.15, 0.2) is 0 Å². The van der Waals surface area contributed by atoms with Gasteiger partial charge in [-0.2, -0.15) is 0 Å². The Hall–Kier alpha value is -2.46. The van der Waals surface area contributed by atoms with Crippen LogP contribution in [0.2, 0.25) is 0 Å². The van der Waals surface area contributed by atoms with E-state index < -0.39 is 36.4 Å². The molecule has 0 bridgehead atoms. The summed E-state index contributed by atoms with van der Waals surface area (Å²) in [6, 6.07) is -1.30. The lowest BCUT2D eigenvalue weighted by atomic mass is 9.80. The summed E-state index contributed by atoms with van der Waals surface area (Å²) in [5, 5.41) is 10.7. The van der Waals surface area contributed by atoms with E-state index in [9.17, 15) is 14.4 Å². The number of carbonyl (C=O) groups is 3. The van der Waals surface area contributed by atoms with E-state index in [0.29, 0.717) is 5.57 Å². The normalized spacial score (nSPS) is 21.9. The Morgan fingerprint density at radius 3 is 2.17 bits per heavy atom. The van der Waals surface area contributed by atoms with Gasteiger partial charge < -0.3 is 31.0 Å². The number of hydrogen-bond acceptors (Lipinski definition) is 8. The first-order chi connectivity index (χ1) is 16.3. The molecule has 1 aliphatic rings. The molecule has 0 spiro atoms. The van der Waals surface area contributed by atoms with Crippen LogP contribution in [0, 0.1) is 23.2 Å². The molecule has 1 aliphatic carbocycles. The standard InChI is InChI=1S/C25H44N4O6/c1-8-18(9-2)33-19-11-17(10-16(12-20(26)27)22(19)29-15(7)30)23(31)34-25(14(5)6)35-24(32)21(28)13(3)4/h11,13-14,16,18-19,21-22,25H,8-10,12,28H2,1-7H3,(H3,26,27)(H,29,30)/t16-,19-,21-,22?,25?/m1/s1. The third-order valence-electron chi connectivity index (χ3n) is 6.07.